The van der Waals surface area contributed by atoms with Crippen LogP contribution in [-0.2, 0) is 17.4 Å². The number of nitrogens with two attached hydrogens (primary N) is 1. The molecular weight excluding hydrogens is 407 g/mol. The van der Waals surface area contributed by atoms with E-state index in [4.69, 9.17) is 5.73 Å². The van der Waals surface area contributed by atoms with Crippen molar-refractivity contribution < 1.29 is 23.1 Å². The zero-order valence-corrected chi connectivity index (χ0v) is 18.0. The molecule has 1 amide bonds. The summed E-state index contributed by atoms with van der Waals surface area (Å²) in [6, 6.07) is 4.80. The van der Waals surface area contributed by atoms with E-state index in [0.717, 1.165) is 11.1 Å². The van der Waals surface area contributed by atoms with Crippen molar-refractivity contribution >= 4 is 17.1 Å². The van der Waals surface area contributed by atoms with Gasteiger partial charge in [0.1, 0.15) is 11.4 Å². The van der Waals surface area contributed by atoms with Gasteiger partial charge >= 0.3 is 6.18 Å². The molecule has 8 heteroatoms. The maximum atomic E-state index is 14.1. The van der Waals surface area contributed by atoms with Crippen molar-refractivity contribution in [3.8, 4) is 5.75 Å². The van der Waals surface area contributed by atoms with Crippen LogP contribution in [0.4, 0.5) is 13.2 Å². The minimum absolute atomic E-state index is 0.0433. The standard InChI is InChI=1S/C23H24F3N3O2/c1-11(2)19(22(27)31)20-16(9-15-13(4)6-7-17(30)14(15)5)29-10-12(3)8-18(29)28-21(20)23(24,25)26/h6-8,10,30H,9H2,1-5H3,(H2,27,31). The van der Waals surface area contributed by atoms with E-state index in [-0.39, 0.29) is 34.6 Å². The Bertz CT molecular complexity index is 1230. The number of amides is 1. The van der Waals surface area contributed by atoms with E-state index in [1.54, 1.807) is 56.5 Å². The number of nitrogens with zero attached hydrogens (tertiary/aromatic N) is 2. The topological polar surface area (TPSA) is 80.6 Å². The third kappa shape index (κ3) is 4.02. The second-order valence-electron chi connectivity index (χ2n) is 7.95. The average molecular weight is 431 g/mol. The molecule has 0 bridgehead atoms. The van der Waals surface area contributed by atoms with Crippen molar-refractivity contribution in [2.75, 3.05) is 0 Å². The molecule has 2 aromatic heterocycles. The number of allylic oxidation sites excluding steroid dienone is 1. The van der Waals surface area contributed by atoms with Gasteiger partial charge in [0.2, 0.25) is 5.91 Å². The number of phenolic OH excluding ortho intramolecular Hbond substituents is 1. The molecule has 0 aliphatic carbocycles. The third-order valence-electron chi connectivity index (χ3n) is 5.39. The fraction of sp³-hybridized carbons (Fsp3) is 0.304. The van der Waals surface area contributed by atoms with E-state index in [0.29, 0.717) is 16.7 Å². The van der Waals surface area contributed by atoms with E-state index in [9.17, 15) is 23.1 Å². The van der Waals surface area contributed by atoms with E-state index in [1.165, 1.54) is 0 Å². The molecule has 3 N–H and O–H groups in total. The molecule has 2 heterocycles. The van der Waals surface area contributed by atoms with Crippen LogP contribution >= 0.6 is 0 Å². The summed E-state index contributed by atoms with van der Waals surface area (Å²) in [4.78, 5) is 16.1. The lowest BCUT2D eigenvalue weighted by Crippen LogP contribution is -2.23. The number of phenols is 1. The van der Waals surface area contributed by atoms with E-state index < -0.39 is 17.8 Å². The molecule has 0 fully saturated rings. The number of carbonyl (C=O) groups excluding carboxylic acids is 1. The summed E-state index contributed by atoms with van der Waals surface area (Å²) in [5.74, 6) is -0.911. The Kier molecular flexibility index (Phi) is 5.60. The summed E-state index contributed by atoms with van der Waals surface area (Å²) in [6.07, 6.45) is -3.08. The maximum absolute atomic E-state index is 14.1. The van der Waals surface area contributed by atoms with Crippen molar-refractivity contribution in [3.05, 3.63) is 69.2 Å². The van der Waals surface area contributed by atoms with Gasteiger partial charge in [0.15, 0.2) is 5.69 Å². The quantitative estimate of drug-likeness (QED) is 0.580. The Morgan fingerprint density at radius 1 is 1.19 bits per heavy atom. The highest BCUT2D eigenvalue weighted by molar-refractivity contribution is 6.20. The fourth-order valence-electron chi connectivity index (χ4n) is 3.89. The summed E-state index contributed by atoms with van der Waals surface area (Å²) in [6.45, 7) is 8.37. The zero-order valence-electron chi connectivity index (χ0n) is 18.0. The van der Waals surface area contributed by atoms with Crippen molar-refractivity contribution in [2.24, 2.45) is 5.73 Å². The molecule has 0 radical (unpaired) electrons. The smallest absolute Gasteiger partial charge is 0.434 e. The number of aryl methyl sites for hydroxylation is 2. The van der Waals surface area contributed by atoms with Crippen LogP contribution in [0.15, 0.2) is 30.0 Å². The minimum Gasteiger partial charge on any atom is -0.508 e. The van der Waals surface area contributed by atoms with Crippen LogP contribution in [0.3, 0.4) is 0 Å². The van der Waals surface area contributed by atoms with Gasteiger partial charge in [-0.3, -0.25) is 4.79 Å². The van der Waals surface area contributed by atoms with Crippen LogP contribution in [0, 0.1) is 20.8 Å². The molecule has 5 nitrogen and oxygen atoms in total. The lowest BCUT2D eigenvalue weighted by atomic mass is 9.91. The molecule has 0 spiro atoms. The molecule has 164 valence electrons. The van der Waals surface area contributed by atoms with E-state index in [2.05, 4.69) is 4.98 Å². The molecule has 1 aromatic carbocycles. The van der Waals surface area contributed by atoms with Crippen LogP contribution in [0.1, 0.15) is 53.1 Å². The van der Waals surface area contributed by atoms with Crippen LogP contribution in [-0.4, -0.2) is 20.4 Å². The fourth-order valence-corrected chi connectivity index (χ4v) is 3.89. The van der Waals surface area contributed by atoms with E-state index in [1.807, 2.05) is 6.92 Å². The first kappa shape index (κ1) is 22.4. The normalized spacial score (nSPS) is 11.7. The molecule has 31 heavy (non-hydrogen) atoms. The number of hydrogen-bond donors (Lipinski definition) is 2. The van der Waals surface area contributed by atoms with Gasteiger partial charge in [-0.15, -0.1) is 0 Å². The number of alkyl halides is 3. The molecule has 0 saturated heterocycles. The average Bonchev–Trinajstić information content (AvgIpc) is 3.01. The first-order chi connectivity index (χ1) is 14.3. The van der Waals surface area contributed by atoms with Crippen LogP contribution < -0.4 is 5.73 Å². The van der Waals surface area contributed by atoms with Gasteiger partial charge < -0.3 is 15.2 Å². The first-order valence-electron chi connectivity index (χ1n) is 9.67. The predicted molar refractivity (Wildman–Crippen MR) is 113 cm³/mol. The molecule has 3 rings (SSSR count). The number of halogens is 3. The van der Waals surface area contributed by atoms with Crippen LogP contribution in [0.2, 0.25) is 0 Å². The van der Waals surface area contributed by atoms with Gasteiger partial charge in [-0.2, -0.15) is 13.2 Å². The van der Waals surface area contributed by atoms with Gasteiger partial charge in [0.05, 0.1) is 0 Å². The van der Waals surface area contributed by atoms with E-state index >= 15 is 0 Å². The Balaban J connectivity index is 2.52. The number of aromatic hydroxyl groups is 1. The summed E-state index contributed by atoms with van der Waals surface area (Å²) in [5, 5.41) is 10.2. The molecule has 0 saturated carbocycles. The lowest BCUT2D eigenvalue weighted by molar-refractivity contribution is -0.141. The molecule has 0 aliphatic rings. The molecule has 3 aromatic rings. The zero-order chi connectivity index (χ0) is 23.2. The van der Waals surface area contributed by atoms with Crippen LogP contribution in [0.5, 0.6) is 5.75 Å². The Hall–Kier alpha value is -3.29. The predicted octanol–water partition coefficient (Wildman–Crippen LogP) is 4.85. The van der Waals surface area contributed by atoms with Crippen molar-refractivity contribution in [1.29, 1.82) is 0 Å². The van der Waals surface area contributed by atoms with Crippen molar-refractivity contribution in [1.82, 2.24) is 9.38 Å². The van der Waals surface area contributed by atoms with Gasteiger partial charge in [0.25, 0.3) is 0 Å². The number of primary amides is 1. The number of fused-ring (bicyclic) bond motifs is 1. The molecule has 0 atom stereocenters. The SMILES string of the molecule is CC(C)=C(C(N)=O)c1c(C(F)(F)F)nc2cc(C)cn2c1Cc1c(C)ccc(O)c1C. The number of benzene rings is 1. The van der Waals surface area contributed by atoms with Gasteiger partial charge in [-0.1, -0.05) is 11.6 Å². The van der Waals surface area contributed by atoms with Crippen molar-refractivity contribution in [2.45, 2.75) is 47.2 Å². The molecule has 0 unspecified atom stereocenters. The van der Waals surface area contributed by atoms with Gasteiger partial charge in [-0.05, 0) is 69.0 Å². The van der Waals surface area contributed by atoms with Crippen LogP contribution in [0.25, 0.3) is 11.2 Å². The third-order valence-corrected chi connectivity index (χ3v) is 5.39. The van der Waals surface area contributed by atoms with Gasteiger partial charge in [-0.25, -0.2) is 4.98 Å². The number of carbonyl (C=O) groups is 1. The summed E-state index contributed by atoms with van der Waals surface area (Å²) in [5.41, 5.74) is 7.32. The highest BCUT2D eigenvalue weighted by Gasteiger charge is 2.39. The largest absolute Gasteiger partial charge is 0.508 e. The molecular formula is C23H24F3N3O2. The second-order valence-corrected chi connectivity index (χ2v) is 7.95. The highest BCUT2D eigenvalue weighted by Crippen LogP contribution is 2.39. The highest BCUT2D eigenvalue weighted by atomic mass is 19.4. The Morgan fingerprint density at radius 3 is 2.39 bits per heavy atom. The Morgan fingerprint density at radius 2 is 1.84 bits per heavy atom. The summed E-state index contributed by atoms with van der Waals surface area (Å²) >= 11 is 0. The summed E-state index contributed by atoms with van der Waals surface area (Å²) in [7, 11) is 0. The number of aromatic nitrogens is 2. The minimum atomic E-state index is -4.80. The lowest BCUT2D eigenvalue weighted by Gasteiger charge is -2.21. The van der Waals surface area contributed by atoms with Gasteiger partial charge in [0, 0.05) is 29.4 Å². The second kappa shape index (κ2) is 7.76. The number of hydrogen-bond acceptors (Lipinski definition) is 3. The summed E-state index contributed by atoms with van der Waals surface area (Å²) < 4.78 is 43.9. The van der Waals surface area contributed by atoms with Crippen molar-refractivity contribution in [3.63, 3.8) is 0 Å². The maximum Gasteiger partial charge on any atom is 0.434 e. The first-order valence-corrected chi connectivity index (χ1v) is 9.67. The Labute approximate surface area is 178 Å². The monoisotopic (exact) mass is 431 g/mol. The number of rotatable bonds is 4. The molecule has 0 aliphatic heterocycles.